The van der Waals surface area contributed by atoms with E-state index in [9.17, 15) is 18.0 Å². The van der Waals surface area contributed by atoms with Gasteiger partial charge in [-0.05, 0) is 38.9 Å². The number of hydrogen-bond acceptors (Lipinski definition) is 5. The summed E-state index contributed by atoms with van der Waals surface area (Å²) >= 11 is 6.00. The van der Waals surface area contributed by atoms with Gasteiger partial charge in [-0.3, -0.25) is 4.90 Å². The maximum Gasteiger partial charge on any atom is 0.424 e. The highest BCUT2D eigenvalue weighted by Gasteiger charge is 2.67. The van der Waals surface area contributed by atoms with Crippen molar-refractivity contribution in [1.29, 1.82) is 0 Å². The molecule has 0 fully saturated rings. The number of halogens is 4. The van der Waals surface area contributed by atoms with Gasteiger partial charge in [-0.15, -0.1) is 0 Å². The molecule has 178 valence electrons. The summed E-state index contributed by atoms with van der Waals surface area (Å²) < 4.78 is 57.5. The number of fused-ring (bicyclic) bond motifs is 3. The van der Waals surface area contributed by atoms with Gasteiger partial charge >= 0.3 is 12.3 Å². The lowest BCUT2D eigenvalue weighted by Gasteiger charge is -2.41. The van der Waals surface area contributed by atoms with Gasteiger partial charge in [0.15, 0.2) is 19.1 Å². The second-order valence-electron chi connectivity index (χ2n) is 8.97. The number of anilines is 1. The largest absolute Gasteiger partial charge is 0.443 e. The number of amides is 1. The Morgan fingerprint density at radius 1 is 1.22 bits per heavy atom. The van der Waals surface area contributed by atoms with Crippen LogP contribution in [0.15, 0.2) is 12.3 Å². The van der Waals surface area contributed by atoms with Crippen molar-refractivity contribution in [3.63, 3.8) is 0 Å². The number of carbonyl (C=O) groups is 1. The molecule has 0 spiro atoms. The molecule has 0 aliphatic carbocycles. The van der Waals surface area contributed by atoms with Crippen LogP contribution in [-0.2, 0) is 14.8 Å². The molecule has 12 heteroatoms. The third kappa shape index (κ3) is 4.10. The van der Waals surface area contributed by atoms with E-state index in [1.807, 2.05) is 20.8 Å². The number of rotatable bonds is 5. The molecule has 32 heavy (non-hydrogen) atoms. The molecule has 0 bridgehead atoms. The predicted octanol–water partition coefficient (Wildman–Crippen LogP) is 5.92. The second kappa shape index (κ2) is 8.18. The molecule has 0 aromatic carbocycles. The summed E-state index contributed by atoms with van der Waals surface area (Å²) in [5, 5.41) is 4.03. The molecule has 1 aliphatic rings. The van der Waals surface area contributed by atoms with Crippen molar-refractivity contribution in [3.8, 4) is 0 Å². The molecule has 1 amide bonds. The molecule has 0 saturated heterocycles. The minimum atomic E-state index is -4.84. The molecule has 1 aliphatic heterocycles. The van der Waals surface area contributed by atoms with Crippen LogP contribution in [0.5, 0.6) is 0 Å². The van der Waals surface area contributed by atoms with Crippen molar-refractivity contribution >= 4 is 37.3 Å². The second-order valence-corrected chi connectivity index (χ2v) is 14.0. The maximum atomic E-state index is 15.0. The fourth-order valence-corrected chi connectivity index (χ4v) is 7.16. The topological polar surface area (TPSA) is 69.0 Å². The van der Waals surface area contributed by atoms with Crippen LogP contribution in [0.25, 0.3) is 5.65 Å². The Hall–Kier alpha value is -1.85. The van der Waals surface area contributed by atoms with Crippen LogP contribution >= 0.6 is 11.6 Å². The zero-order valence-electron chi connectivity index (χ0n) is 19.0. The van der Waals surface area contributed by atoms with Gasteiger partial charge in [0.2, 0.25) is 5.60 Å². The maximum absolute atomic E-state index is 15.0. The molecule has 7 nitrogen and oxygen atoms in total. The SMILES string of the molecule is CC[Si](CC)(CC)OC1(C(F)(F)F)CN(C(=O)OC(C)(C)C)c2cnc3cc(Cl)nn3c21. The summed E-state index contributed by atoms with van der Waals surface area (Å²) in [6.45, 7) is 9.69. The monoisotopic (exact) mass is 492 g/mol. The van der Waals surface area contributed by atoms with Gasteiger partial charge in [-0.25, -0.2) is 14.3 Å². The summed E-state index contributed by atoms with van der Waals surface area (Å²) in [6, 6.07) is 2.85. The van der Waals surface area contributed by atoms with Gasteiger partial charge in [0.1, 0.15) is 11.3 Å². The molecule has 1 atom stereocenters. The molecular weight excluding hydrogens is 465 g/mol. The van der Waals surface area contributed by atoms with Gasteiger partial charge in [0, 0.05) is 6.07 Å². The first-order chi connectivity index (χ1) is 14.7. The summed E-state index contributed by atoms with van der Waals surface area (Å²) in [4.78, 5) is 18.1. The average molecular weight is 493 g/mol. The van der Waals surface area contributed by atoms with Crippen molar-refractivity contribution in [2.75, 3.05) is 11.4 Å². The van der Waals surface area contributed by atoms with E-state index in [0.29, 0.717) is 18.1 Å². The van der Waals surface area contributed by atoms with E-state index < -0.39 is 38.3 Å². The van der Waals surface area contributed by atoms with Crippen molar-refractivity contribution in [2.24, 2.45) is 0 Å². The Morgan fingerprint density at radius 2 is 1.81 bits per heavy atom. The van der Waals surface area contributed by atoms with E-state index in [4.69, 9.17) is 20.8 Å². The van der Waals surface area contributed by atoms with Crippen LogP contribution in [0, 0.1) is 0 Å². The summed E-state index contributed by atoms with van der Waals surface area (Å²) in [7, 11) is -2.82. The third-order valence-electron chi connectivity index (χ3n) is 5.88. The first-order valence-electron chi connectivity index (χ1n) is 10.5. The Bertz CT molecular complexity index is 1010. The Morgan fingerprint density at radius 3 is 2.31 bits per heavy atom. The number of carbonyl (C=O) groups excluding carboxylic acids is 1. The van der Waals surface area contributed by atoms with Crippen LogP contribution < -0.4 is 4.90 Å². The van der Waals surface area contributed by atoms with Crippen LogP contribution in [-0.4, -0.2) is 47.3 Å². The van der Waals surface area contributed by atoms with Gasteiger partial charge in [-0.2, -0.15) is 18.3 Å². The van der Waals surface area contributed by atoms with Crippen molar-refractivity contribution < 1.29 is 27.1 Å². The van der Waals surface area contributed by atoms with Crippen LogP contribution in [0.4, 0.5) is 23.7 Å². The summed E-state index contributed by atoms with van der Waals surface area (Å²) in [5.74, 6) is 0. The molecule has 2 aromatic rings. The number of nitrogens with zero attached hydrogens (tertiary/aromatic N) is 4. The van der Waals surface area contributed by atoms with E-state index in [-0.39, 0.29) is 22.2 Å². The number of alkyl halides is 3. The Kier molecular flexibility index (Phi) is 6.33. The van der Waals surface area contributed by atoms with E-state index in [2.05, 4.69) is 10.1 Å². The average Bonchev–Trinajstić information content (AvgIpc) is 3.22. The minimum absolute atomic E-state index is 0.0114. The molecule has 1 unspecified atom stereocenters. The third-order valence-corrected chi connectivity index (χ3v) is 10.7. The zero-order valence-corrected chi connectivity index (χ0v) is 20.8. The van der Waals surface area contributed by atoms with Crippen LogP contribution in [0.1, 0.15) is 47.2 Å². The van der Waals surface area contributed by atoms with Gasteiger partial charge in [-0.1, -0.05) is 32.4 Å². The predicted molar refractivity (Wildman–Crippen MR) is 118 cm³/mol. The smallest absolute Gasteiger partial charge is 0.424 e. The fraction of sp³-hybridized carbons (Fsp3) is 0.650. The first-order valence-corrected chi connectivity index (χ1v) is 13.5. The van der Waals surface area contributed by atoms with Gasteiger partial charge < -0.3 is 9.16 Å². The van der Waals surface area contributed by atoms with Crippen molar-refractivity contribution in [1.82, 2.24) is 14.6 Å². The summed E-state index contributed by atoms with van der Waals surface area (Å²) in [5.41, 5.74) is -3.92. The quantitative estimate of drug-likeness (QED) is 0.485. The first kappa shape index (κ1) is 24.8. The van der Waals surface area contributed by atoms with E-state index in [0.717, 1.165) is 9.42 Å². The Balaban J connectivity index is 2.31. The highest BCUT2D eigenvalue weighted by molar-refractivity contribution is 6.73. The van der Waals surface area contributed by atoms with E-state index in [1.54, 1.807) is 20.8 Å². The molecule has 3 heterocycles. The van der Waals surface area contributed by atoms with Crippen LogP contribution in [0.3, 0.4) is 0 Å². The summed E-state index contributed by atoms with van der Waals surface area (Å²) in [6.07, 6.45) is -4.54. The van der Waals surface area contributed by atoms with E-state index in [1.165, 1.54) is 12.3 Å². The minimum Gasteiger partial charge on any atom is -0.443 e. The molecule has 2 aromatic heterocycles. The lowest BCUT2D eigenvalue weighted by Crippen LogP contribution is -2.56. The number of ether oxygens (including phenoxy) is 1. The molecule has 0 saturated carbocycles. The molecular formula is C20H28ClF3N4O3Si. The highest BCUT2D eigenvalue weighted by Crippen LogP contribution is 2.53. The molecule has 0 N–H and O–H groups in total. The van der Waals surface area contributed by atoms with E-state index >= 15 is 0 Å². The van der Waals surface area contributed by atoms with Gasteiger partial charge in [0.05, 0.1) is 18.4 Å². The normalized spacial score (nSPS) is 19.5. The Labute approximate surface area is 191 Å². The zero-order chi connectivity index (χ0) is 24.1. The lowest BCUT2D eigenvalue weighted by molar-refractivity contribution is -0.253. The number of hydrogen-bond donors (Lipinski definition) is 0. The molecule has 3 rings (SSSR count). The van der Waals surface area contributed by atoms with Crippen LogP contribution in [0.2, 0.25) is 23.3 Å². The lowest BCUT2D eigenvalue weighted by atomic mass is 10.0. The van der Waals surface area contributed by atoms with Gasteiger partial charge in [0.25, 0.3) is 0 Å². The standard InChI is InChI=1S/C20H28ClF3N4O3Si/c1-7-32(8-2,9-3)31-19(20(22,23)24)12-27(17(29)30-18(4,5)6)13-11-25-15-10-14(21)26-28(15)16(13)19/h10-11H,7-9,12H2,1-6H3. The highest BCUT2D eigenvalue weighted by atomic mass is 35.5. The van der Waals surface area contributed by atoms with Crippen molar-refractivity contribution in [3.05, 3.63) is 23.1 Å². The molecule has 0 radical (unpaired) electrons. The fourth-order valence-electron chi connectivity index (χ4n) is 4.03. The number of aromatic nitrogens is 3. The van der Waals surface area contributed by atoms with Crippen molar-refractivity contribution in [2.45, 2.75) is 77.1 Å².